The maximum atomic E-state index is 14.3. The average Bonchev–Trinajstić information content (AvgIpc) is 3.62. The van der Waals surface area contributed by atoms with Gasteiger partial charge in [0.25, 0.3) is 11.8 Å². The number of carbonyl (C=O) groups is 2. The van der Waals surface area contributed by atoms with Gasteiger partial charge in [0.1, 0.15) is 5.69 Å². The first kappa shape index (κ1) is 33.0. The topological polar surface area (TPSA) is 120 Å². The molecule has 0 fully saturated rings. The van der Waals surface area contributed by atoms with E-state index in [1.165, 1.54) is 26.2 Å². The third-order valence-corrected chi connectivity index (χ3v) is 9.46. The van der Waals surface area contributed by atoms with E-state index < -0.39 is 35.3 Å². The van der Waals surface area contributed by atoms with E-state index in [-0.39, 0.29) is 41.1 Å². The maximum Gasteiger partial charge on any atom is 0.417 e. The first-order valence-corrected chi connectivity index (χ1v) is 16.3. The summed E-state index contributed by atoms with van der Waals surface area (Å²) in [6.45, 7) is 1.57. The molecule has 4 heterocycles. The Balaban J connectivity index is 1.30. The molecule has 0 aliphatic carbocycles. The lowest BCUT2D eigenvalue weighted by molar-refractivity contribution is -0.138. The molecule has 0 saturated heterocycles. The molecule has 0 saturated carbocycles. The second-order valence-corrected chi connectivity index (χ2v) is 12.8. The minimum Gasteiger partial charge on any atom is -0.347 e. The summed E-state index contributed by atoms with van der Waals surface area (Å²) >= 11 is 2.93. The van der Waals surface area contributed by atoms with Crippen molar-refractivity contribution in [3.63, 3.8) is 0 Å². The number of alkyl halides is 3. The fraction of sp³-hybridized carbons (Fsp3) is 0.200. The molecule has 3 aromatic heterocycles. The van der Waals surface area contributed by atoms with Gasteiger partial charge in [-0.15, -0.1) is 0 Å². The van der Waals surface area contributed by atoms with Crippen LogP contribution in [-0.2, 0) is 32.9 Å². The minimum atomic E-state index is -4.69. The Bertz CT molecular complexity index is 2350. The fourth-order valence-electron chi connectivity index (χ4n) is 6.26. The zero-order chi connectivity index (χ0) is 35.3. The van der Waals surface area contributed by atoms with Crippen LogP contribution < -0.4 is 11.0 Å². The van der Waals surface area contributed by atoms with Gasteiger partial charge in [0.2, 0.25) is 0 Å². The first-order valence-electron chi connectivity index (χ1n) is 15.5. The van der Waals surface area contributed by atoms with Gasteiger partial charge in [-0.3, -0.25) is 18.7 Å². The number of hydrogen-bond acceptors (Lipinski definition) is 6. The van der Waals surface area contributed by atoms with Crippen molar-refractivity contribution in [1.29, 1.82) is 0 Å². The normalized spacial score (nSPS) is 14.5. The van der Waals surface area contributed by atoms with Crippen molar-refractivity contribution < 1.29 is 22.8 Å². The Morgan fingerprint density at radius 3 is 2.52 bits per heavy atom. The van der Waals surface area contributed by atoms with Crippen LogP contribution in [0, 0.1) is 0 Å². The van der Waals surface area contributed by atoms with E-state index in [9.17, 15) is 27.6 Å². The zero-order valence-corrected chi connectivity index (χ0v) is 28.2. The summed E-state index contributed by atoms with van der Waals surface area (Å²) in [7, 11) is 1.84. The average molecular weight is 746 g/mol. The van der Waals surface area contributed by atoms with Crippen molar-refractivity contribution in [3.05, 3.63) is 128 Å². The van der Waals surface area contributed by atoms with E-state index in [0.717, 1.165) is 17.1 Å². The smallest absolute Gasteiger partial charge is 0.347 e. The van der Waals surface area contributed by atoms with Crippen LogP contribution in [0.1, 0.15) is 44.6 Å². The van der Waals surface area contributed by atoms with Gasteiger partial charge in [-0.25, -0.2) is 19.7 Å². The molecule has 11 nitrogen and oxygen atoms in total. The Morgan fingerprint density at radius 1 is 1.00 bits per heavy atom. The molecule has 0 bridgehead atoms. The van der Waals surface area contributed by atoms with Crippen LogP contribution in [0.5, 0.6) is 0 Å². The molecule has 15 heteroatoms. The molecule has 7 rings (SSSR count). The molecule has 1 aliphatic rings. The van der Waals surface area contributed by atoms with Crippen molar-refractivity contribution in [3.8, 4) is 17.1 Å². The highest BCUT2D eigenvalue weighted by Gasteiger charge is 2.37. The van der Waals surface area contributed by atoms with E-state index in [1.807, 2.05) is 35.9 Å². The summed E-state index contributed by atoms with van der Waals surface area (Å²) in [5.74, 6) is -0.783. The molecule has 1 atom stereocenters. The van der Waals surface area contributed by atoms with Crippen molar-refractivity contribution in [2.75, 3.05) is 0 Å². The number of aryl methyl sites for hydroxylation is 1. The van der Waals surface area contributed by atoms with Gasteiger partial charge in [0.15, 0.2) is 5.82 Å². The van der Waals surface area contributed by atoms with Gasteiger partial charge in [-0.1, -0.05) is 40.2 Å². The molecule has 1 N–H and O–H groups in total. The Morgan fingerprint density at radius 2 is 1.76 bits per heavy atom. The van der Waals surface area contributed by atoms with Crippen molar-refractivity contribution in [1.82, 2.24) is 38.9 Å². The number of imidazole rings is 2. The second-order valence-electron chi connectivity index (χ2n) is 11.9. The third-order valence-electron chi connectivity index (χ3n) is 8.77. The predicted octanol–water partition coefficient (Wildman–Crippen LogP) is 5.74. The molecule has 1 unspecified atom stereocenters. The summed E-state index contributed by atoms with van der Waals surface area (Å²) in [5.41, 5.74) is 1.83. The van der Waals surface area contributed by atoms with E-state index in [4.69, 9.17) is 0 Å². The number of aromatic nitrogens is 6. The van der Waals surface area contributed by atoms with Crippen molar-refractivity contribution >= 4 is 38.8 Å². The first-order chi connectivity index (χ1) is 23.9. The van der Waals surface area contributed by atoms with Gasteiger partial charge >= 0.3 is 11.9 Å². The highest BCUT2D eigenvalue weighted by Crippen LogP contribution is 2.36. The van der Waals surface area contributed by atoms with E-state index in [2.05, 4.69) is 36.2 Å². The van der Waals surface area contributed by atoms with Gasteiger partial charge in [0.05, 0.1) is 40.9 Å². The molecule has 0 spiro atoms. The van der Waals surface area contributed by atoms with E-state index >= 15 is 0 Å². The summed E-state index contributed by atoms with van der Waals surface area (Å²) in [5, 5.41) is 2.94. The number of amides is 2. The van der Waals surface area contributed by atoms with E-state index in [1.54, 1.807) is 49.9 Å². The van der Waals surface area contributed by atoms with Crippen molar-refractivity contribution in [2.45, 2.75) is 38.8 Å². The summed E-state index contributed by atoms with van der Waals surface area (Å²) < 4.78 is 45.5. The lowest BCUT2D eigenvalue weighted by Crippen LogP contribution is -2.47. The summed E-state index contributed by atoms with van der Waals surface area (Å²) in [6.07, 6.45) is 0.190. The summed E-state index contributed by atoms with van der Waals surface area (Å²) in [6, 6.07) is 16.9. The van der Waals surface area contributed by atoms with Crippen LogP contribution in [0.25, 0.3) is 28.1 Å². The maximum absolute atomic E-state index is 14.3. The van der Waals surface area contributed by atoms with Gasteiger partial charge < -0.3 is 14.8 Å². The monoisotopic (exact) mass is 744 g/mol. The number of benzene rings is 3. The Labute approximate surface area is 291 Å². The Kier molecular flexibility index (Phi) is 8.38. The third kappa shape index (κ3) is 5.87. The largest absolute Gasteiger partial charge is 0.417 e. The molecule has 6 aromatic rings. The number of hydrogen-bond donors (Lipinski definition) is 1. The minimum absolute atomic E-state index is 0.00444. The van der Waals surface area contributed by atoms with Crippen molar-refractivity contribution in [2.24, 2.45) is 7.05 Å². The molecule has 50 heavy (non-hydrogen) atoms. The quantitative estimate of drug-likeness (QED) is 0.233. The molecule has 0 radical (unpaired) electrons. The van der Waals surface area contributed by atoms with Crippen LogP contribution in [0.2, 0.25) is 0 Å². The molecular formula is C35H28BrF3N8O3. The van der Waals surface area contributed by atoms with Crippen LogP contribution in [0.4, 0.5) is 13.2 Å². The van der Waals surface area contributed by atoms with Gasteiger partial charge in [0, 0.05) is 54.2 Å². The molecule has 3 aromatic carbocycles. The standard InChI is InChI=1S/C35H28BrF3N8O3/c1-20-17-46-29(18-45(20)33(49)21-8-10-26(36)25(14-21)35(37,38)39)30(47(34(46)50)23-9-11-28-27(15-23)43-19-44(28)2)32(48)42-16-22-6-3-4-7-24(22)31-40-12-5-13-41-31/h3-15,19-20H,16-18H2,1-2H3,(H,42,48). The van der Waals surface area contributed by atoms with Crippen LogP contribution in [0.3, 0.4) is 0 Å². The zero-order valence-electron chi connectivity index (χ0n) is 26.6. The SMILES string of the molecule is CC1Cn2c(c(C(=O)NCc3ccccc3-c3ncccn3)n(-c3ccc4c(c3)ncn4C)c2=O)CN1C(=O)c1ccc(Br)c(C(F)(F)F)c1. The van der Waals surface area contributed by atoms with Crippen LogP contribution in [-0.4, -0.2) is 51.4 Å². The predicted molar refractivity (Wildman–Crippen MR) is 181 cm³/mol. The van der Waals surface area contributed by atoms with Gasteiger partial charge in [-0.05, 0) is 55.0 Å². The molecular weight excluding hydrogens is 717 g/mol. The Hall–Kier alpha value is -5.57. The fourth-order valence-corrected chi connectivity index (χ4v) is 6.73. The van der Waals surface area contributed by atoms with Gasteiger partial charge in [-0.2, -0.15) is 13.2 Å². The number of carbonyl (C=O) groups excluding carboxylic acids is 2. The number of rotatable bonds is 6. The van der Waals surface area contributed by atoms with Crippen LogP contribution >= 0.6 is 15.9 Å². The summed E-state index contributed by atoms with van der Waals surface area (Å²) in [4.78, 5) is 56.7. The lowest BCUT2D eigenvalue weighted by Gasteiger charge is -2.34. The number of halogens is 4. The number of fused-ring (bicyclic) bond motifs is 2. The number of nitrogens with one attached hydrogen (secondary N) is 1. The highest BCUT2D eigenvalue weighted by atomic mass is 79.9. The molecule has 1 aliphatic heterocycles. The van der Waals surface area contributed by atoms with Crippen LogP contribution in [0.15, 0.2) is 94.7 Å². The number of nitrogens with zero attached hydrogens (tertiary/aromatic N) is 7. The second kappa shape index (κ2) is 12.7. The molecule has 254 valence electrons. The highest BCUT2D eigenvalue weighted by molar-refractivity contribution is 9.10. The van der Waals surface area contributed by atoms with E-state index in [0.29, 0.717) is 22.6 Å². The lowest BCUT2D eigenvalue weighted by atomic mass is 10.1. The molecule has 2 amide bonds.